The molecular formula is C13H23NO. The minimum absolute atomic E-state index is 0.564. The summed E-state index contributed by atoms with van der Waals surface area (Å²) in [6.07, 6.45) is 14.3. The first-order valence-corrected chi connectivity index (χ1v) is 6.47. The second kappa shape index (κ2) is 6.29. The van der Waals surface area contributed by atoms with Crippen molar-refractivity contribution in [2.45, 2.75) is 57.1 Å². The van der Waals surface area contributed by atoms with Crippen molar-refractivity contribution in [1.29, 1.82) is 0 Å². The Morgan fingerprint density at radius 1 is 1.13 bits per heavy atom. The summed E-state index contributed by atoms with van der Waals surface area (Å²) in [7, 11) is 0. The van der Waals surface area contributed by atoms with Crippen LogP contribution in [-0.4, -0.2) is 25.3 Å². The lowest BCUT2D eigenvalue weighted by Gasteiger charge is -2.18. The number of hydrogen-bond acceptors (Lipinski definition) is 2. The second-order valence-corrected chi connectivity index (χ2v) is 4.70. The normalized spacial score (nSPS) is 27.3. The van der Waals surface area contributed by atoms with Crippen LogP contribution in [0, 0.1) is 0 Å². The molecule has 1 unspecified atom stereocenters. The van der Waals surface area contributed by atoms with Crippen molar-refractivity contribution >= 4 is 0 Å². The first-order chi connectivity index (χ1) is 7.45. The Morgan fingerprint density at radius 3 is 2.73 bits per heavy atom. The number of rotatable bonds is 5. The van der Waals surface area contributed by atoms with E-state index in [4.69, 9.17) is 4.74 Å². The minimum atomic E-state index is 0.564. The molecule has 2 nitrogen and oxygen atoms in total. The maximum absolute atomic E-state index is 5.81. The SMILES string of the molecule is C1=CC(NCCOC2CCCC2)CCC1. The van der Waals surface area contributed by atoms with E-state index in [0.29, 0.717) is 12.1 Å². The summed E-state index contributed by atoms with van der Waals surface area (Å²) >= 11 is 0. The van der Waals surface area contributed by atoms with Gasteiger partial charge in [-0.25, -0.2) is 0 Å². The molecule has 0 spiro atoms. The van der Waals surface area contributed by atoms with Crippen LogP contribution in [0.2, 0.25) is 0 Å². The maximum atomic E-state index is 5.81. The van der Waals surface area contributed by atoms with Crippen molar-refractivity contribution in [1.82, 2.24) is 5.32 Å². The first kappa shape index (κ1) is 11.2. The van der Waals surface area contributed by atoms with Crippen LogP contribution in [0.25, 0.3) is 0 Å². The fraction of sp³-hybridized carbons (Fsp3) is 0.846. The molecule has 0 aromatic rings. The predicted octanol–water partition coefficient (Wildman–Crippen LogP) is 2.64. The first-order valence-electron chi connectivity index (χ1n) is 6.47. The molecule has 1 fully saturated rings. The monoisotopic (exact) mass is 209 g/mol. The Bertz CT molecular complexity index is 197. The molecule has 0 aliphatic heterocycles. The van der Waals surface area contributed by atoms with Gasteiger partial charge in [-0.05, 0) is 32.1 Å². The van der Waals surface area contributed by atoms with E-state index in [0.717, 1.165) is 13.2 Å². The summed E-state index contributed by atoms with van der Waals surface area (Å²) in [5.74, 6) is 0. The van der Waals surface area contributed by atoms with Crippen molar-refractivity contribution < 1.29 is 4.74 Å². The smallest absolute Gasteiger partial charge is 0.0594 e. The molecule has 2 rings (SSSR count). The highest BCUT2D eigenvalue weighted by atomic mass is 16.5. The highest BCUT2D eigenvalue weighted by Gasteiger charge is 2.15. The lowest BCUT2D eigenvalue weighted by Crippen LogP contribution is -2.32. The number of allylic oxidation sites excluding steroid dienone is 1. The molecule has 2 aliphatic rings. The van der Waals surface area contributed by atoms with Gasteiger partial charge in [0.1, 0.15) is 0 Å². The Kier molecular flexibility index (Phi) is 4.68. The standard InChI is InChI=1S/C13H23NO/c1-2-6-12(7-3-1)14-10-11-15-13-8-4-5-9-13/h2,6,12-14H,1,3-5,7-11H2. The maximum Gasteiger partial charge on any atom is 0.0594 e. The molecule has 0 saturated heterocycles. The molecule has 0 aromatic heterocycles. The van der Waals surface area contributed by atoms with E-state index in [-0.39, 0.29) is 0 Å². The third kappa shape index (κ3) is 3.96. The van der Waals surface area contributed by atoms with Crippen LogP contribution in [0.1, 0.15) is 44.9 Å². The average molecular weight is 209 g/mol. The van der Waals surface area contributed by atoms with Gasteiger partial charge in [-0.15, -0.1) is 0 Å². The van der Waals surface area contributed by atoms with E-state index >= 15 is 0 Å². The van der Waals surface area contributed by atoms with Crippen LogP contribution in [0.4, 0.5) is 0 Å². The summed E-state index contributed by atoms with van der Waals surface area (Å²) in [6.45, 7) is 1.89. The van der Waals surface area contributed by atoms with Gasteiger partial charge in [-0.3, -0.25) is 0 Å². The van der Waals surface area contributed by atoms with Gasteiger partial charge in [0.05, 0.1) is 12.7 Å². The highest BCUT2D eigenvalue weighted by Crippen LogP contribution is 2.20. The van der Waals surface area contributed by atoms with Crippen LogP contribution < -0.4 is 5.32 Å². The number of hydrogen-bond donors (Lipinski definition) is 1. The van der Waals surface area contributed by atoms with Gasteiger partial charge in [0.15, 0.2) is 0 Å². The topological polar surface area (TPSA) is 21.3 Å². The van der Waals surface area contributed by atoms with Crippen molar-refractivity contribution in [3.63, 3.8) is 0 Å². The minimum Gasteiger partial charge on any atom is -0.377 e. The summed E-state index contributed by atoms with van der Waals surface area (Å²) in [5, 5.41) is 3.53. The summed E-state index contributed by atoms with van der Waals surface area (Å²) < 4.78 is 5.81. The van der Waals surface area contributed by atoms with Crippen LogP contribution in [0.15, 0.2) is 12.2 Å². The zero-order chi connectivity index (χ0) is 10.3. The van der Waals surface area contributed by atoms with E-state index in [2.05, 4.69) is 17.5 Å². The molecule has 0 radical (unpaired) electrons. The van der Waals surface area contributed by atoms with E-state index in [1.807, 2.05) is 0 Å². The number of nitrogens with one attached hydrogen (secondary N) is 1. The van der Waals surface area contributed by atoms with Crippen molar-refractivity contribution in [2.75, 3.05) is 13.2 Å². The Labute approximate surface area is 93.1 Å². The van der Waals surface area contributed by atoms with Crippen molar-refractivity contribution in [2.24, 2.45) is 0 Å². The molecule has 0 heterocycles. The Morgan fingerprint density at radius 2 is 2.00 bits per heavy atom. The van der Waals surface area contributed by atoms with E-state index in [1.54, 1.807) is 0 Å². The van der Waals surface area contributed by atoms with E-state index < -0.39 is 0 Å². The van der Waals surface area contributed by atoms with Gasteiger partial charge in [0, 0.05) is 12.6 Å². The van der Waals surface area contributed by atoms with Crippen LogP contribution >= 0.6 is 0 Å². The Balaban J connectivity index is 1.50. The zero-order valence-electron chi connectivity index (χ0n) is 9.58. The van der Waals surface area contributed by atoms with E-state index in [1.165, 1.54) is 44.9 Å². The summed E-state index contributed by atoms with van der Waals surface area (Å²) in [5.41, 5.74) is 0. The molecule has 2 aliphatic carbocycles. The third-order valence-corrected chi connectivity index (χ3v) is 3.42. The van der Waals surface area contributed by atoms with Gasteiger partial charge in [0.25, 0.3) is 0 Å². The highest BCUT2D eigenvalue weighted by molar-refractivity contribution is 4.97. The summed E-state index contributed by atoms with van der Waals surface area (Å²) in [6, 6.07) is 0.603. The lowest BCUT2D eigenvalue weighted by molar-refractivity contribution is 0.0595. The second-order valence-electron chi connectivity index (χ2n) is 4.70. The van der Waals surface area contributed by atoms with Gasteiger partial charge in [-0.1, -0.05) is 25.0 Å². The van der Waals surface area contributed by atoms with E-state index in [9.17, 15) is 0 Å². The van der Waals surface area contributed by atoms with Crippen LogP contribution in [0.3, 0.4) is 0 Å². The lowest BCUT2D eigenvalue weighted by atomic mass is 10.0. The molecular weight excluding hydrogens is 186 g/mol. The third-order valence-electron chi connectivity index (χ3n) is 3.42. The molecule has 2 heteroatoms. The fourth-order valence-electron chi connectivity index (χ4n) is 2.51. The molecule has 0 amide bonds. The fourth-order valence-corrected chi connectivity index (χ4v) is 2.51. The molecule has 0 aromatic carbocycles. The van der Waals surface area contributed by atoms with Crippen LogP contribution in [-0.2, 0) is 4.74 Å². The molecule has 1 atom stereocenters. The largest absolute Gasteiger partial charge is 0.377 e. The van der Waals surface area contributed by atoms with Crippen molar-refractivity contribution in [3.05, 3.63) is 12.2 Å². The molecule has 86 valence electrons. The summed E-state index contributed by atoms with van der Waals surface area (Å²) in [4.78, 5) is 0. The molecule has 15 heavy (non-hydrogen) atoms. The molecule has 1 saturated carbocycles. The predicted molar refractivity (Wildman–Crippen MR) is 63.0 cm³/mol. The van der Waals surface area contributed by atoms with Gasteiger partial charge in [0.2, 0.25) is 0 Å². The van der Waals surface area contributed by atoms with Gasteiger partial charge in [-0.2, -0.15) is 0 Å². The Hall–Kier alpha value is -0.340. The van der Waals surface area contributed by atoms with Gasteiger partial charge < -0.3 is 10.1 Å². The molecule has 1 N–H and O–H groups in total. The quantitative estimate of drug-likeness (QED) is 0.555. The molecule has 0 bridgehead atoms. The van der Waals surface area contributed by atoms with Crippen LogP contribution in [0.5, 0.6) is 0 Å². The zero-order valence-corrected chi connectivity index (χ0v) is 9.58. The van der Waals surface area contributed by atoms with Crippen molar-refractivity contribution in [3.8, 4) is 0 Å². The van der Waals surface area contributed by atoms with Gasteiger partial charge >= 0.3 is 0 Å². The average Bonchev–Trinajstić information content (AvgIpc) is 2.79. The number of ether oxygens (including phenoxy) is 1.